The number of halogens is 1. The van der Waals surface area contributed by atoms with Crippen LogP contribution in [0.4, 0.5) is 4.39 Å². The van der Waals surface area contributed by atoms with Crippen LogP contribution < -0.4 is 0 Å². The Balaban J connectivity index is 1.73. The molecule has 3 rings (SSSR count). The number of hydrogen-bond acceptors (Lipinski definition) is 4. The van der Waals surface area contributed by atoms with Gasteiger partial charge in [0.15, 0.2) is 5.69 Å². The van der Waals surface area contributed by atoms with Crippen molar-refractivity contribution < 1.29 is 13.9 Å². The van der Waals surface area contributed by atoms with Gasteiger partial charge in [0.1, 0.15) is 11.9 Å². The van der Waals surface area contributed by atoms with Crippen molar-refractivity contribution in [1.82, 2.24) is 20.3 Å². The molecule has 1 unspecified atom stereocenters. The number of benzene rings is 1. The Morgan fingerprint density at radius 1 is 1.40 bits per heavy atom. The fraction of sp³-hybridized carbons (Fsp3) is 0.308. The maximum absolute atomic E-state index is 12.9. The first-order chi connectivity index (χ1) is 9.74. The lowest BCUT2D eigenvalue weighted by Crippen LogP contribution is -2.42. The number of nitrogens with one attached hydrogen (secondary N) is 1. The maximum atomic E-state index is 12.9. The monoisotopic (exact) mass is 276 g/mol. The Bertz CT molecular complexity index is 585. The third-order valence-electron chi connectivity index (χ3n) is 3.23. The van der Waals surface area contributed by atoms with Gasteiger partial charge in [-0.1, -0.05) is 12.1 Å². The van der Waals surface area contributed by atoms with Gasteiger partial charge in [-0.3, -0.25) is 4.79 Å². The van der Waals surface area contributed by atoms with Gasteiger partial charge in [-0.2, -0.15) is 15.4 Å². The minimum absolute atomic E-state index is 0.186. The molecule has 0 aliphatic carbocycles. The van der Waals surface area contributed by atoms with Gasteiger partial charge in [0, 0.05) is 6.54 Å². The second-order valence-electron chi connectivity index (χ2n) is 4.52. The molecule has 0 bridgehead atoms. The zero-order valence-electron chi connectivity index (χ0n) is 10.6. The molecule has 20 heavy (non-hydrogen) atoms. The third kappa shape index (κ3) is 2.53. The predicted octanol–water partition coefficient (Wildman–Crippen LogP) is 1.16. The largest absolute Gasteiger partial charge is 0.370 e. The van der Waals surface area contributed by atoms with Crippen LogP contribution in [0.5, 0.6) is 0 Å². The summed E-state index contributed by atoms with van der Waals surface area (Å²) in [7, 11) is 0. The summed E-state index contributed by atoms with van der Waals surface area (Å²) in [5, 5.41) is 9.83. The van der Waals surface area contributed by atoms with Crippen LogP contribution in [0.1, 0.15) is 22.2 Å². The summed E-state index contributed by atoms with van der Waals surface area (Å²) in [6.07, 6.45) is 1.14. The van der Waals surface area contributed by atoms with Crippen molar-refractivity contribution in [3.8, 4) is 0 Å². The summed E-state index contributed by atoms with van der Waals surface area (Å²) >= 11 is 0. The molecular formula is C13H13FN4O2. The van der Waals surface area contributed by atoms with E-state index >= 15 is 0 Å². The zero-order valence-corrected chi connectivity index (χ0v) is 10.6. The molecule has 1 N–H and O–H groups in total. The van der Waals surface area contributed by atoms with E-state index < -0.39 is 0 Å². The van der Waals surface area contributed by atoms with Gasteiger partial charge in [-0.15, -0.1) is 0 Å². The number of aromatic amines is 1. The second kappa shape index (κ2) is 5.38. The van der Waals surface area contributed by atoms with Crippen LogP contribution in [0.2, 0.25) is 0 Å². The van der Waals surface area contributed by atoms with Gasteiger partial charge in [0.2, 0.25) is 0 Å². The van der Waals surface area contributed by atoms with Crippen LogP contribution in [0.3, 0.4) is 0 Å². The predicted molar refractivity (Wildman–Crippen MR) is 67.4 cm³/mol. The minimum Gasteiger partial charge on any atom is -0.370 e. The standard InChI is InChI=1S/C13H13FN4O2/c14-10-3-1-9(2-4-10)12-8-18(5-6-20-12)13(19)11-7-15-17-16-11/h1-4,7,12H,5-6,8H2,(H,15,16,17). The molecule has 1 aromatic carbocycles. The smallest absolute Gasteiger partial charge is 0.276 e. The highest BCUT2D eigenvalue weighted by Gasteiger charge is 2.27. The fourth-order valence-electron chi connectivity index (χ4n) is 2.18. The SMILES string of the molecule is O=C(c1cn[nH]n1)N1CCOC(c2ccc(F)cc2)C1. The van der Waals surface area contributed by atoms with Crippen LogP contribution in [0.25, 0.3) is 0 Å². The molecule has 0 radical (unpaired) electrons. The number of rotatable bonds is 2. The Hall–Kier alpha value is -2.28. The third-order valence-corrected chi connectivity index (χ3v) is 3.23. The molecule has 1 atom stereocenters. The molecule has 0 spiro atoms. The van der Waals surface area contributed by atoms with E-state index in [0.717, 1.165) is 5.56 Å². The van der Waals surface area contributed by atoms with Crippen molar-refractivity contribution in [1.29, 1.82) is 0 Å². The van der Waals surface area contributed by atoms with Crippen molar-refractivity contribution in [2.75, 3.05) is 19.7 Å². The molecule has 1 saturated heterocycles. The normalized spacial score (nSPS) is 19.1. The summed E-state index contributed by atoms with van der Waals surface area (Å²) < 4.78 is 18.6. The van der Waals surface area contributed by atoms with E-state index in [1.165, 1.54) is 18.3 Å². The highest BCUT2D eigenvalue weighted by Crippen LogP contribution is 2.23. The molecule has 1 aliphatic heterocycles. The Labute approximate surface area is 114 Å². The molecule has 1 aliphatic rings. The average molecular weight is 276 g/mol. The van der Waals surface area contributed by atoms with E-state index in [1.54, 1.807) is 17.0 Å². The summed E-state index contributed by atoms with van der Waals surface area (Å²) in [6.45, 7) is 1.35. The van der Waals surface area contributed by atoms with Crippen molar-refractivity contribution in [3.05, 3.63) is 47.5 Å². The van der Waals surface area contributed by atoms with E-state index in [9.17, 15) is 9.18 Å². The summed E-state index contributed by atoms with van der Waals surface area (Å²) in [4.78, 5) is 13.8. The number of ether oxygens (including phenoxy) is 1. The number of carbonyl (C=O) groups is 1. The van der Waals surface area contributed by atoms with E-state index in [1.807, 2.05) is 0 Å². The lowest BCUT2D eigenvalue weighted by atomic mass is 10.1. The minimum atomic E-state index is -0.292. The average Bonchev–Trinajstić information content (AvgIpc) is 3.01. The topological polar surface area (TPSA) is 71.1 Å². The molecule has 104 valence electrons. The van der Waals surface area contributed by atoms with E-state index in [4.69, 9.17) is 4.74 Å². The number of aromatic nitrogens is 3. The van der Waals surface area contributed by atoms with Crippen LogP contribution in [-0.2, 0) is 4.74 Å². The molecule has 2 heterocycles. The number of hydrogen-bond donors (Lipinski definition) is 1. The summed E-state index contributed by atoms with van der Waals surface area (Å²) in [6, 6.07) is 6.11. The Morgan fingerprint density at radius 3 is 2.90 bits per heavy atom. The van der Waals surface area contributed by atoms with Gasteiger partial charge in [-0.05, 0) is 17.7 Å². The number of H-pyrrole nitrogens is 1. The van der Waals surface area contributed by atoms with Crippen LogP contribution in [0, 0.1) is 5.82 Å². The highest BCUT2D eigenvalue weighted by molar-refractivity contribution is 5.91. The van der Waals surface area contributed by atoms with Crippen LogP contribution >= 0.6 is 0 Å². The molecule has 1 fully saturated rings. The summed E-state index contributed by atoms with van der Waals surface area (Å²) in [5.74, 6) is -0.478. The zero-order chi connectivity index (χ0) is 13.9. The number of carbonyl (C=O) groups excluding carboxylic acids is 1. The van der Waals surface area contributed by atoms with Gasteiger partial charge < -0.3 is 9.64 Å². The maximum Gasteiger partial charge on any atom is 0.276 e. The fourth-order valence-corrected chi connectivity index (χ4v) is 2.18. The van der Waals surface area contributed by atoms with Gasteiger partial charge in [0.05, 0.1) is 19.3 Å². The van der Waals surface area contributed by atoms with Crippen LogP contribution in [0.15, 0.2) is 30.5 Å². The lowest BCUT2D eigenvalue weighted by Gasteiger charge is -2.32. The molecule has 1 amide bonds. The molecule has 7 heteroatoms. The first-order valence-corrected chi connectivity index (χ1v) is 6.26. The Morgan fingerprint density at radius 2 is 2.20 bits per heavy atom. The molecule has 1 aromatic heterocycles. The van der Waals surface area contributed by atoms with Gasteiger partial charge >= 0.3 is 0 Å². The van der Waals surface area contributed by atoms with E-state index in [2.05, 4.69) is 15.4 Å². The molecular weight excluding hydrogens is 263 g/mol. The van der Waals surface area contributed by atoms with E-state index in [-0.39, 0.29) is 23.5 Å². The molecule has 2 aromatic rings. The van der Waals surface area contributed by atoms with Crippen molar-refractivity contribution in [3.63, 3.8) is 0 Å². The lowest BCUT2D eigenvalue weighted by molar-refractivity contribution is -0.0230. The molecule has 6 nitrogen and oxygen atoms in total. The number of morpholine rings is 1. The van der Waals surface area contributed by atoms with Gasteiger partial charge in [0.25, 0.3) is 5.91 Å². The Kier molecular flexibility index (Phi) is 3.42. The van der Waals surface area contributed by atoms with Crippen molar-refractivity contribution in [2.45, 2.75) is 6.10 Å². The van der Waals surface area contributed by atoms with Crippen LogP contribution in [-0.4, -0.2) is 45.9 Å². The van der Waals surface area contributed by atoms with E-state index in [0.29, 0.717) is 19.7 Å². The number of nitrogens with zero attached hydrogens (tertiary/aromatic N) is 3. The van der Waals surface area contributed by atoms with Crippen molar-refractivity contribution >= 4 is 5.91 Å². The van der Waals surface area contributed by atoms with Crippen molar-refractivity contribution in [2.24, 2.45) is 0 Å². The quantitative estimate of drug-likeness (QED) is 0.893. The molecule has 0 saturated carbocycles. The second-order valence-corrected chi connectivity index (χ2v) is 4.52. The number of amides is 1. The van der Waals surface area contributed by atoms with Gasteiger partial charge in [-0.25, -0.2) is 4.39 Å². The summed E-state index contributed by atoms with van der Waals surface area (Å²) in [5.41, 5.74) is 1.13. The highest BCUT2D eigenvalue weighted by atomic mass is 19.1. The first-order valence-electron chi connectivity index (χ1n) is 6.26. The first kappa shape index (κ1) is 12.7.